The van der Waals surface area contributed by atoms with E-state index in [1.807, 2.05) is 0 Å². The fourth-order valence-corrected chi connectivity index (χ4v) is 2.03. The quantitative estimate of drug-likeness (QED) is 0.235. The molecule has 9 heteroatoms. The zero-order valence-corrected chi connectivity index (χ0v) is 19.7. The topological polar surface area (TPSA) is 118 Å². The average Bonchev–Trinajstić information content (AvgIpc) is 2.49. The first-order chi connectivity index (χ1) is 13.4. The fourth-order valence-electron chi connectivity index (χ4n) is 2.03. The van der Waals surface area contributed by atoms with Gasteiger partial charge in [0.25, 0.3) is 0 Å². The summed E-state index contributed by atoms with van der Waals surface area (Å²) in [6.07, 6.45) is -0.216. The minimum absolute atomic E-state index is 0.267. The van der Waals surface area contributed by atoms with Crippen molar-refractivity contribution >= 4 is 18.2 Å². The zero-order valence-electron chi connectivity index (χ0n) is 19.7. The first kappa shape index (κ1) is 27.2. The van der Waals surface area contributed by atoms with Crippen molar-refractivity contribution in [3.8, 4) is 6.07 Å². The number of esters is 1. The molecule has 1 unspecified atom stereocenters. The van der Waals surface area contributed by atoms with Gasteiger partial charge in [0.2, 0.25) is 0 Å². The van der Waals surface area contributed by atoms with Crippen LogP contribution in [0, 0.1) is 11.3 Å². The van der Waals surface area contributed by atoms with Crippen molar-refractivity contribution in [2.24, 2.45) is 0 Å². The van der Waals surface area contributed by atoms with Crippen LogP contribution in [-0.4, -0.2) is 46.0 Å². The van der Waals surface area contributed by atoms with Gasteiger partial charge in [0.1, 0.15) is 28.4 Å². The molecule has 0 fully saturated rings. The first-order valence-corrected chi connectivity index (χ1v) is 9.75. The number of carbonyl (C=O) groups excluding carboxylic acids is 3. The maximum Gasteiger partial charge on any atom is 0.429 e. The largest absolute Gasteiger partial charge is 0.456 e. The molecule has 1 N–H and O–H groups in total. The second kappa shape index (κ2) is 10.3. The normalized spacial score (nSPS) is 13.6. The second-order valence-corrected chi connectivity index (χ2v) is 9.63. The Labute approximate surface area is 179 Å². The number of hydrogen-bond acceptors (Lipinski definition) is 7. The molecule has 9 nitrogen and oxygen atoms in total. The summed E-state index contributed by atoms with van der Waals surface area (Å²) in [6, 6.07) is 0.920. The SMILES string of the molecule is CCC(/C=C(/C#N)C(=O)OC(C)(C)C)N(NC(=O)OC(C)(C)C)C(=O)OC(C)(C)C. The van der Waals surface area contributed by atoms with Gasteiger partial charge in [-0.25, -0.2) is 24.8 Å². The standard InChI is InChI=1S/C21H35N3O6/c1-11-15(12-14(13-22)16(25)28-19(2,3)4)24(18(27)30-21(8,9)10)23-17(26)29-20(5,6)7/h12,15H,11H2,1-10H3,(H,23,26)/b14-12-. The highest BCUT2D eigenvalue weighted by molar-refractivity contribution is 5.93. The van der Waals surface area contributed by atoms with Crippen LogP contribution in [0.4, 0.5) is 9.59 Å². The van der Waals surface area contributed by atoms with Crippen LogP contribution in [0.3, 0.4) is 0 Å². The molecule has 30 heavy (non-hydrogen) atoms. The van der Waals surface area contributed by atoms with E-state index in [1.165, 1.54) is 6.08 Å². The molecule has 0 bridgehead atoms. The molecule has 170 valence electrons. The number of nitrogens with one attached hydrogen (secondary N) is 1. The first-order valence-electron chi connectivity index (χ1n) is 9.75. The zero-order chi connectivity index (χ0) is 23.9. The number of nitriles is 1. The molecule has 1 atom stereocenters. The molecule has 0 aliphatic carbocycles. The second-order valence-electron chi connectivity index (χ2n) is 9.63. The van der Waals surface area contributed by atoms with Gasteiger partial charge in [-0.2, -0.15) is 5.26 Å². The van der Waals surface area contributed by atoms with Crippen LogP contribution >= 0.6 is 0 Å². The van der Waals surface area contributed by atoms with Crippen LogP contribution in [-0.2, 0) is 19.0 Å². The minimum Gasteiger partial charge on any atom is -0.456 e. The van der Waals surface area contributed by atoms with E-state index in [0.29, 0.717) is 0 Å². The van der Waals surface area contributed by atoms with Gasteiger partial charge >= 0.3 is 18.2 Å². The molecular formula is C21H35N3O6. The molecule has 0 aliphatic heterocycles. The number of amides is 2. The monoisotopic (exact) mass is 425 g/mol. The maximum absolute atomic E-state index is 12.7. The highest BCUT2D eigenvalue weighted by atomic mass is 16.6. The lowest BCUT2D eigenvalue weighted by Gasteiger charge is -2.32. The van der Waals surface area contributed by atoms with E-state index in [-0.39, 0.29) is 12.0 Å². The number of hydrazine groups is 1. The van der Waals surface area contributed by atoms with Crippen LogP contribution in [0.1, 0.15) is 75.7 Å². The van der Waals surface area contributed by atoms with Crippen molar-refractivity contribution in [1.29, 1.82) is 5.26 Å². The third-order valence-corrected chi connectivity index (χ3v) is 3.05. The maximum atomic E-state index is 12.7. The molecule has 0 rings (SSSR count). The fraction of sp³-hybridized carbons (Fsp3) is 0.714. The summed E-state index contributed by atoms with van der Waals surface area (Å²) < 4.78 is 15.8. The van der Waals surface area contributed by atoms with E-state index < -0.39 is 41.0 Å². The Balaban J connectivity index is 5.94. The van der Waals surface area contributed by atoms with Gasteiger partial charge in [0, 0.05) is 0 Å². The Morgan fingerprint density at radius 3 is 1.77 bits per heavy atom. The third-order valence-electron chi connectivity index (χ3n) is 3.05. The highest BCUT2D eigenvalue weighted by Crippen LogP contribution is 2.17. The van der Waals surface area contributed by atoms with Gasteiger partial charge in [-0.05, 0) is 74.8 Å². The summed E-state index contributed by atoms with van der Waals surface area (Å²) in [5.41, 5.74) is -0.370. The van der Waals surface area contributed by atoms with Crippen molar-refractivity contribution in [2.45, 2.75) is 98.5 Å². The Morgan fingerprint density at radius 2 is 1.40 bits per heavy atom. The van der Waals surface area contributed by atoms with Crippen molar-refractivity contribution in [2.75, 3.05) is 0 Å². The van der Waals surface area contributed by atoms with Crippen molar-refractivity contribution in [3.63, 3.8) is 0 Å². The van der Waals surface area contributed by atoms with Gasteiger partial charge in [-0.15, -0.1) is 0 Å². The smallest absolute Gasteiger partial charge is 0.429 e. The molecule has 0 radical (unpaired) electrons. The summed E-state index contributed by atoms with van der Waals surface area (Å²) in [6.45, 7) is 16.8. The molecule has 0 saturated carbocycles. The van der Waals surface area contributed by atoms with E-state index in [9.17, 15) is 19.6 Å². The van der Waals surface area contributed by atoms with Crippen LogP contribution in [0.15, 0.2) is 11.6 Å². The molecule has 0 aromatic rings. The number of ether oxygens (including phenoxy) is 3. The highest BCUT2D eigenvalue weighted by Gasteiger charge is 2.31. The number of hydrogen-bond donors (Lipinski definition) is 1. The molecule has 2 amide bonds. The summed E-state index contributed by atoms with van der Waals surface area (Å²) >= 11 is 0. The predicted molar refractivity (Wildman–Crippen MR) is 111 cm³/mol. The third kappa shape index (κ3) is 11.3. The van der Waals surface area contributed by atoms with Crippen LogP contribution in [0.5, 0.6) is 0 Å². The Morgan fingerprint density at radius 1 is 0.933 bits per heavy atom. The molecule has 0 spiro atoms. The lowest BCUT2D eigenvalue weighted by atomic mass is 10.1. The molecular weight excluding hydrogens is 390 g/mol. The van der Waals surface area contributed by atoms with Crippen LogP contribution < -0.4 is 5.43 Å². The van der Waals surface area contributed by atoms with Gasteiger partial charge in [0.15, 0.2) is 0 Å². The van der Waals surface area contributed by atoms with Gasteiger partial charge in [-0.1, -0.05) is 6.92 Å². The predicted octanol–water partition coefficient (Wildman–Crippen LogP) is 4.23. The molecule has 0 saturated heterocycles. The van der Waals surface area contributed by atoms with E-state index >= 15 is 0 Å². The summed E-state index contributed by atoms with van der Waals surface area (Å²) in [7, 11) is 0. The number of nitrogens with zero attached hydrogens (tertiary/aromatic N) is 2. The lowest BCUT2D eigenvalue weighted by molar-refractivity contribution is -0.149. The van der Waals surface area contributed by atoms with Crippen molar-refractivity contribution in [3.05, 3.63) is 11.6 Å². The van der Waals surface area contributed by atoms with Crippen molar-refractivity contribution < 1.29 is 28.6 Å². The van der Waals surface area contributed by atoms with Gasteiger partial charge in [-0.3, -0.25) is 0 Å². The summed E-state index contributed by atoms with van der Waals surface area (Å²) in [5, 5.41) is 10.3. The molecule has 0 aromatic heterocycles. The molecule has 0 aromatic carbocycles. The van der Waals surface area contributed by atoms with Crippen LogP contribution in [0.2, 0.25) is 0 Å². The molecule has 0 aliphatic rings. The summed E-state index contributed by atoms with van der Waals surface area (Å²) in [5.74, 6) is -0.829. The lowest BCUT2D eigenvalue weighted by Crippen LogP contribution is -2.54. The van der Waals surface area contributed by atoms with Crippen molar-refractivity contribution in [1.82, 2.24) is 10.4 Å². The average molecular weight is 426 g/mol. The Kier molecular flexibility index (Phi) is 9.37. The van der Waals surface area contributed by atoms with E-state index in [0.717, 1.165) is 5.01 Å². The Hall–Kier alpha value is -2.76. The summed E-state index contributed by atoms with van der Waals surface area (Å²) in [4.78, 5) is 37.3. The van der Waals surface area contributed by atoms with E-state index in [4.69, 9.17) is 14.2 Å². The van der Waals surface area contributed by atoms with Gasteiger partial charge < -0.3 is 14.2 Å². The molecule has 0 heterocycles. The van der Waals surface area contributed by atoms with E-state index in [1.54, 1.807) is 75.3 Å². The van der Waals surface area contributed by atoms with Gasteiger partial charge in [0.05, 0.1) is 6.04 Å². The number of carbonyl (C=O) groups is 3. The van der Waals surface area contributed by atoms with E-state index in [2.05, 4.69) is 5.43 Å². The number of rotatable bonds is 4. The van der Waals surface area contributed by atoms with Crippen LogP contribution in [0.25, 0.3) is 0 Å². The Bertz CT molecular complexity index is 702. The minimum atomic E-state index is -0.879.